The van der Waals surface area contributed by atoms with Crippen LogP contribution < -0.4 is 25.0 Å². The van der Waals surface area contributed by atoms with Crippen molar-refractivity contribution < 1.29 is 23.8 Å². The third-order valence-electron chi connectivity index (χ3n) is 4.87. The second-order valence-electron chi connectivity index (χ2n) is 6.97. The minimum atomic E-state index is -0.356. The summed E-state index contributed by atoms with van der Waals surface area (Å²) in [5.41, 5.74) is 5.55. The van der Waals surface area contributed by atoms with E-state index in [4.69, 9.17) is 14.2 Å². The second kappa shape index (κ2) is 9.22. The number of hydrogen-bond donors (Lipinski definition) is 2. The van der Waals surface area contributed by atoms with Crippen LogP contribution in [-0.4, -0.2) is 31.4 Å². The summed E-state index contributed by atoms with van der Waals surface area (Å²) >= 11 is 0. The maximum absolute atomic E-state index is 12.4. The summed E-state index contributed by atoms with van der Waals surface area (Å²) < 4.78 is 15.6. The monoisotopic (exact) mass is 431 g/mol. The van der Waals surface area contributed by atoms with Crippen molar-refractivity contribution in [1.29, 1.82) is 0 Å². The highest BCUT2D eigenvalue weighted by Crippen LogP contribution is 2.32. The van der Waals surface area contributed by atoms with Gasteiger partial charge in [-0.3, -0.25) is 9.59 Å². The van der Waals surface area contributed by atoms with E-state index in [0.29, 0.717) is 39.8 Å². The van der Waals surface area contributed by atoms with E-state index in [1.165, 1.54) is 0 Å². The van der Waals surface area contributed by atoms with Gasteiger partial charge in [-0.25, -0.2) is 5.43 Å². The van der Waals surface area contributed by atoms with E-state index in [-0.39, 0.29) is 18.6 Å². The highest BCUT2D eigenvalue weighted by molar-refractivity contribution is 6.05. The average molecular weight is 431 g/mol. The molecule has 0 saturated carbocycles. The summed E-state index contributed by atoms with van der Waals surface area (Å²) in [4.78, 5) is 24.7. The van der Waals surface area contributed by atoms with Gasteiger partial charge in [0.1, 0.15) is 5.75 Å². The van der Waals surface area contributed by atoms with E-state index in [0.717, 1.165) is 5.56 Å². The Morgan fingerprint density at radius 1 is 0.844 bits per heavy atom. The number of carbonyl (C=O) groups is 2. The predicted octanol–water partition coefficient (Wildman–Crippen LogP) is 3.83. The molecule has 1 heterocycles. The van der Waals surface area contributed by atoms with Gasteiger partial charge in [-0.2, -0.15) is 5.10 Å². The molecular formula is C24H21N3O5. The fraction of sp³-hybridized carbons (Fsp3) is 0.125. The van der Waals surface area contributed by atoms with Gasteiger partial charge in [0.2, 0.25) is 6.79 Å². The van der Waals surface area contributed by atoms with Crippen LogP contribution >= 0.6 is 0 Å². The van der Waals surface area contributed by atoms with Gasteiger partial charge in [0.15, 0.2) is 11.5 Å². The molecule has 0 bridgehead atoms. The third kappa shape index (κ3) is 4.70. The van der Waals surface area contributed by atoms with Crippen molar-refractivity contribution in [3.8, 4) is 17.2 Å². The molecule has 2 N–H and O–H groups in total. The van der Waals surface area contributed by atoms with E-state index >= 15 is 0 Å². The minimum absolute atomic E-state index is 0.147. The van der Waals surface area contributed by atoms with Crippen LogP contribution in [0.5, 0.6) is 17.2 Å². The van der Waals surface area contributed by atoms with Crippen molar-refractivity contribution in [1.82, 2.24) is 5.43 Å². The average Bonchev–Trinajstić information content (AvgIpc) is 3.31. The van der Waals surface area contributed by atoms with Crippen LogP contribution in [0.25, 0.3) is 0 Å². The molecule has 0 unspecified atom stereocenters. The van der Waals surface area contributed by atoms with Crippen molar-refractivity contribution in [3.63, 3.8) is 0 Å². The number of hydrazone groups is 1. The molecule has 2 amide bonds. The van der Waals surface area contributed by atoms with Crippen molar-refractivity contribution in [3.05, 3.63) is 83.4 Å². The van der Waals surface area contributed by atoms with Crippen LogP contribution in [-0.2, 0) is 0 Å². The summed E-state index contributed by atoms with van der Waals surface area (Å²) in [6.45, 7) is 1.93. The third-order valence-corrected chi connectivity index (χ3v) is 4.87. The van der Waals surface area contributed by atoms with Gasteiger partial charge >= 0.3 is 0 Å². The normalized spacial score (nSPS) is 12.2. The lowest BCUT2D eigenvalue weighted by molar-refractivity contribution is 0.0953. The molecule has 0 radical (unpaired) electrons. The molecule has 1 aliphatic heterocycles. The highest BCUT2D eigenvalue weighted by atomic mass is 16.7. The summed E-state index contributed by atoms with van der Waals surface area (Å²) in [5.74, 6) is 1.25. The summed E-state index contributed by atoms with van der Waals surface area (Å²) in [6, 6.07) is 19.0. The number of anilines is 1. The van der Waals surface area contributed by atoms with Crippen LogP contribution in [0.3, 0.4) is 0 Å². The molecule has 8 nitrogen and oxygen atoms in total. The molecule has 0 spiro atoms. The second-order valence-corrected chi connectivity index (χ2v) is 6.97. The van der Waals surface area contributed by atoms with Crippen molar-refractivity contribution >= 4 is 23.2 Å². The van der Waals surface area contributed by atoms with E-state index in [1.54, 1.807) is 68.6 Å². The van der Waals surface area contributed by atoms with Gasteiger partial charge in [0.25, 0.3) is 11.8 Å². The largest absolute Gasteiger partial charge is 0.497 e. The van der Waals surface area contributed by atoms with Crippen molar-refractivity contribution in [2.75, 3.05) is 19.2 Å². The summed E-state index contributed by atoms with van der Waals surface area (Å²) in [5, 5.41) is 7.01. The number of rotatable bonds is 6. The zero-order chi connectivity index (χ0) is 22.5. The number of nitrogens with one attached hydrogen (secondary N) is 2. The Labute approximate surface area is 184 Å². The van der Waals surface area contributed by atoms with Gasteiger partial charge in [0, 0.05) is 16.8 Å². The van der Waals surface area contributed by atoms with Crippen LogP contribution in [0.1, 0.15) is 33.2 Å². The number of nitrogens with zero attached hydrogens (tertiary/aromatic N) is 1. The topological polar surface area (TPSA) is 98.2 Å². The Kier molecular flexibility index (Phi) is 6.03. The Bertz CT molecular complexity index is 1170. The van der Waals surface area contributed by atoms with Crippen LogP contribution in [0.15, 0.2) is 71.8 Å². The maximum atomic E-state index is 12.4. The number of benzene rings is 3. The first-order chi connectivity index (χ1) is 15.5. The van der Waals surface area contributed by atoms with E-state index < -0.39 is 0 Å². The molecule has 3 aromatic rings. The van der Waals surface area contributed by atoms with Crippen molar-refractivity contribution in [2.45, 2.75) is 6.92 Å². The lowest BCUT2D eigenvalue weighted by atomic mass is 10.1. The van der Waals surface area contributed by atoms with Crippen LogP contribution in [0.4, 0.5) is 5.69 Å². The zero-order valence-electron chi connectivity index (χ0n) is 17.5. The lowest BCUT2D eigenvalue weighted by Gasteiger charge is -2.08. The van der Waals surface area contributed by atoms with Gasteiger partial charge in [0.05, 0.1) is 12.8 Å². The number of methoxy groups -OCH3 is 1. The first kappa shape index (κ1) is 20.9. The van der Waals surface area contributed by atoms with Crippen molar-refractivity contribution in [2.24, 2.45) is 5.10 Å². The molecule has 1 aliphatic rings. The van der Waals surface area contributed by atoms with E-state index in [1.807, 2.05) is 12.1 Å². The van der Waals surface area contributed by atoms with Crippen LogP contribution in [0.2, 0.25) is 0 Å². The first-order valence-corrected chi connectivity index (χ1v) is 9.83. The molecule has 0 atom stereocenters. The Morgan fingerprint density at radius 2 is 1.50 bits per heavy atom. The van der Waals surface area contributed by atoms with Gasteiger partial charge in [-0.05, 0) is 67.1 Å². The van der Waals surface area contributed by atoms with E-state index in [2.05, 4.69) is 15.8 Å². The SMILES string of the molecule is COc1ccc(C(=O)Nc2ccc(/C(C)=N/NC(=O)c3ccc4c(c3)OCO4)cc2)cc1. The summed E-state index contributed by atoms with van der Waals surface area (Å²) in [7, 11) is 1.57. The smallest absolute Gasteiger partial charge is 0.271 e. The summed E-state index contributed by atoms with van der Waals surface area (Å²) in [6.07, 6.45) is 0. The van der Waals surface area contributed by atoms with E-state index in [9.17, 15) is 9.59 Å². The Morgan fingerprint density at radius 3 is 2.22 bits per heavy atom. The predicted molar refractivity (Wildman–Crippen MR) is 120 cm³/mol. The van der Waals surface area contributed by atoms with Gasteiger partial charge < -0.3 is 19.5 Å². The number of hydrogen-bond acceptors (Lipinski definition) is 6. The number of fused-ring (bicyclic) bond motifs is 1. The lowest BCUT2D eigenvalue weighted by Crippen LogP contribution is -2.19. The Hall–Kier alpha value is -4.33. The first-order valence-electron chi connectivity index (χ1n) is 9.83. The molecule has 0 fully saturated rings. The molecular weight excluding hydrogens is 410 g/mol. The van der Waals surface area contributed by atoms with Crippen LogP contribution in [0, 0.1) is 0 Å². The fourth-order valence-corrected chi connectivity index (χ4v) is 3.04. The molecule has 32 heavy (non-hydrogen) atoms. The van der Waals surface area contributed by atoms with Gasteiger partial charge in [-0.15, -0.1) is 0 Å². The minimum Gasteiger partial charge on any atom is -0.497 e. The maximum Gasteiger partial charge on any atom is 0.271 e. The molecule has 8 heteroatoms. The molecule has 0 saturated heterocycles. The quantitative estimate of drug-likeness (QED) is 0.457. The molecule has 4 rings (SSSR count). The Balaban J connectivity index is 1.36. The fourth-order valence-electron chi connectivity index (χ4n) is 3.04. The zero-order valence-corrected chi connectivity index (χ0v) is 17.5. The standard InChI is InChI=1S/C24H21N3O5/c1-15(26-27-24(29)18-7-12-21-22(13-18)32-14-31-21)16-3-8-19(9-4-16)25-23(28)17-5-10-20(30-2)11-6-17/h3-13H,14H2,1-2H3,(H,25,28)(H,27,29)/b26-15+. The molecule has 3 aromatic carbocycles. The molecule has 0 aromatic heterocycles. The molecule has 162 valence electrons. The number of carbonyl (C=O) groups excluding carboxylic acids is 2. The number of amides is 2. The number of ether oxygens (including phenoxy) is 3. The highest BCUT2D eigenvalue weighted by Gasteiger charge is 2.16. The molecule has 0 aliphatic carbocycles. The van der Waals surface area contributed by atoms with Gasteiger partial charge in [-0.1, -0.05) is 12.1 Å².